The molecule has 0 saturated heterocycles. The maximum absolute atomic E-state index is 9.95. The second-order valence-corrected chi connectivity index (χ2v) is 11.0. The van der Waals surface area contributed by atoms with Gasteiger partial charge in [0.15, 0.2) is 0 Å². The molecule has 0 aliphatic heterocycles. The SMILES string of the molecule is [2H]c1cc(-c2c([2H])c(-c3cc([2H])c([2H])c([2H])c3[2H])c([2H])c(-n3c4c([2H])c([2H])c([2H])c([2H])c4c4c([2H])c(-c5c([2H])c([2H])c6c(c5[2H])c5c([2H])c([2H])c([2H])c([2H])c5n6-c5ccccc5)c([2H])c([2H])c43)c2[2H])c([2H])c([2H])c1[2H]. The molecule has 0 unspecified atom stereocenters. The smallest absolute Gasteiger partial charge is 0.0651 e. The van der Waals surface area contributed by atoms with Crippen molar-refractivity contribution in [3.8, 4) is 44.8 Å². The molecule has 0 bridgehead atoms. The zero-order valence-electron chi connectivity index (χ0n) is 50.4. The van der Waals surface area contributed by atoms with Crippen LogP contribution in [0.15, 0.2) is 194 Å². The summed E-state index contributed by atoms with van der Waals surface area (Å²) in [5.41, 5.74) is -5.86. The van der Waals surface area contributed by atoms with Crippen LogP contribution in [0.25, 0.3) is 88.4 Å². The predicted molar refractivity (Wildman–Crippen MR) is 211 cm³/mol. The highest BCUT2D eigenvalue weighted by Gasteiger charge is 2.17. The van der Waals surface area contributed by atoms with Gasteiger partial charge in [-0.25, -0.2) is 0 Å². The lowest BCUT2D eigenvalue weighted by Crippen LogP contribution is -1.96. The van der Waals surface area contributed by atoms with Gasteiger partial charge in [-0.3, -0.25) is 0 Å². The molecular formula is C48H32N2. The predicted octanol–water partition coefficient (Wildman–Crippen LogP) is 12.9. The summed E-state index contributed by atoms with van der Waals surface area (Å²) in [6, 6.07) is -9.79. The van der Waals surface area contributed by atoms with Gasteiger partial charge < -0.3 is 9.13 Å². The monoisotopic (exact) mass is 661 g/mol. The molecule has 2 heteroatoms. The Kier molecular flexibility index (Phi) is 2.99. The van der Waals surface area contributed by atoms with Crippen molar-refractivity contribution in [2.45, 2.75) is 0 Å². The number of hydrogen-bond donors (Lipinski definition) is 0. The van der Waals surface area contributed by atoms with Crippen molar-refractivity contribution in [2.75, 3.05) is 0 Å². The molecule has 0 spiro atoms. The summed E-state index contributed by atoms with van der Waals surface area (Å²) in [4.78, 5) is 0. The van der Waals surface area contributed by atoms with Crippen LogP contribution in [0, 0.1) is 0 Å². The van der Waals surface area contributed by atoms with Crippen LogP contribution in [-0.2, 0) is 0 Å². The lowest BCUT2D eigenvalue weighted by molar-refractivity contribution is 1.18. The molecule has 0 amide bonds. The molecule has 0 fully saturated rings. The Balaban J connectivity index is 1.44. The third-order valence-electron chi connectivity index (χ3n) is 8.18. The van der Waals surface area contributed by atoms with Crippen LogP contribution in [0.3, 0.4) is 0 Å². The van der Waals surface area contributed by atoms with E-state index in [1.807, 2.05) is 0 Å². The first kappa shape index (κ1) is 13.0. The summed E-state index contributed by atoms with van der Waals surface area (Å²) in [5.74, 6) is 0. The molecule has 8 aromatic carbocycles. The van der Waals surface area contributed by atoms with Gasteiger partial charge in [0.2, 0.25) is 0 Å². The van der Waals surface area contributed by atoms with E-state index in [0.717, 1.165) is 16.7 Å². The van der Waals surface area contributed by atoms with E-state index < -0.39 is 212 Å². The van der Waals surface area contributed by atoms with Crippen LogP contribution in [0.5, 0.6) is 0 Å². The zero-order chi connectivity index (χ0) is 54.8. The van der Waals surface area contributed by atoms with E-state index in [4.69, 9.17) is 19.2 Å². The van der Waals surface area contributed by atoms with Crippen LogP contribution >= 0.6 is 0 Å². The molecule has 2 nitrogen and oxygen atoms in total. The summed E-state index contributed by atoms with van der Waals surface area (Å²) >= 11 is 0. The van der Waals surface area contributed by atoms with E-state index in [-0.39, 0.29) is 27.5 Å². The van der Waals surface area contributed by atoms with Crippen molar-refractivity contribution in [2.24, 2.45) is 0 Å². The lowest BCUT2D eigenvalue weighted by atomic mass is 9.98. The fraction of sp³-hybridized carbons (Fsp3) is 0. The van der Waals surface area contributed by atoms with Crippen molar-refractivity contribution < 1.29 is 34.3 Å². The third-order valence-corrected chi connectivity index (χ3v) is 8.18. The second kappa shape index (κ2) is 11.5. The fourth-order valence-corrected chi connectivity index (χ4v) is 6.00. The van der Waals surface area contributed by atoms with Crippen molar-refractivity contribution in [1.29, 1.82) is 0 Å². The lowest BCUT2D eigenvalue weighted by Gasteiger charge is -2.14. The highest BCUT2D eigenvalue weighted by atomic mass is 15.0. The van der Waals surface area contributed by atoms with Crippen molar-refractivity contribution in [3.63, 3.8) is 0 Å². The van der Waals surface area contributed by atoms with Crippen LogP contribution in [-0.4, -0.2) is 9.13 Å². The van der Waals surface area contributed by atoms with Gasteiger partial charge in [0.25, 0.3) is 0 Å². The van der Waals surface area contributed by atoms with Crippen LogP contribution in [0.2, 0.25) is 0 Å². The molecule has 0 radical (unpaired) electrons. The summed E-state index contributed by atoms with van der Waals surface area (Å²) in [6.45, 7) is 0. The van der Waals surface area contributed by atoms with Gasteiger partial charge in [-0.2, -0.15) is 0 Å². The number of fused-ring (bicyclic) bond motifs is 6. The molecule has 10 rings (SSSR count). The maximum Gasteiger partial charge on any atom is 0.0651 e. The quantitative estimate of drug-likeness (QED) is 0.174. The molecular weight excluding hydrogens is 605 g/mol. The standard InChI is InChI=1S/C48H32N2/c1-4-14-33(15-5-1)37-28-38(34-16-6-2-7-17-34)30-40(29-37)50-46-23-13-11-21-42(46)44-32-36(25-27-48(44)50)35-24-26-47-43(31-35)41-20-10-12-22-45(41)49(47)39-18-8-3-9-19-39/h1-32H/i1D,2D,4D,5D,6D,7D,10D,11D,12D,13D,14D,16D,20D,21D,22D,23D,24D,25D,26D,27D,28D,29D,30D,31D,32D. The Morgan fingerprint density at radius 1 is 0.300 bits per heavy atom. The van der Waals surface area contributed by atoms with Gasteiger partial charge in [0.1, 0.15) is 0 Å². The summed E-state index contributed by atoms with van der Waals surface area (Å²) < 4.78 is 229. The fourth-order valence-electron chi connectivity index (χ4n) is 6.00. The highest BCUT2D eigenvalue weighted by Crippen LogP contribution is 2.39. The normalized spacial score (nSPS) is 18.6. The van der Waals surface area contributed by atoms with E-state index >= 15 is 0 Å². The molecule has 234 valence electrons. The van der Waals surface area contributed by atoms with Gasteiger partial charge in [0.05, 0.1) is 56.3 Å². The average molecular weight is 662 g/mol. The minimum absolute atomic E-state index is 0.166. The minimum atomic E-state index is -0.966. The van der Waals surface area contributed by atoms with Crippen molar-refractivity contribution >= 4 is 43.6 Å². The first-order valence-electron chi connectivity index (χ1n) is 27.7. The Morgan fingerprint density at radius 3 is 1.34 bits per heavy atom. The van der Waals surface area contributed by atoms with E-state index in [2.05, 4.69) is 0 Å². The van der Waals surface area contributed by atoms with Gasteiger partial charge >= 0.3 is 0 Å². The van der Waals surface area contributed by atoms with Crippen molar-refractivity contribution in [3.05, 3.63) is 194 Å². The molecule has 0 saturated carbocycles. The number of aromatic nitrogens is 2. The Morgan fingerprint density at radius 2 is 0.780 bits per heavy atom. The van der Waals surface area contributed by atoms with E-state index in [1.165, 1.54) is 4.57 Å². The topological polar surface area (TPSA) is 9.86 Å². The van der Waals surface area contributed by atoms with Crippen molar-refractivity contribution in [1.82, 2.24) is 9.13 Å². The third kappa shape index (κ3) is 4.57. The van der Waals surface area contributed by atoms with Crippen LogP contribution in [0.1, 0.15) is 34.3 Å². The van der Waals surface area contributed by atoms with E-state index in [1.54, 1.807) is 30.3 Å². The van der Waals surface area contributed by atoms with Crippen LogP contribution < -0.4 is 0 Å². The molecule has 0 aliphatic carbocycles. The molecule has 0 N–H and O–H groups in total. The maximum atomic E-state index is 9.95. The number of benzene rings is 8. The second-order valence-electron chi connectivity index (χ2n) is 11.0. The summed E-state index contributed by atoms with van der Waals surface area (Å²) in [5, 5.41) is -1.68. The summed E-state index contributed by atoms with van der Waals surface area (Å²) in [6.07, 6.45) is 0. The van der Waals surface area contributed by atoms with Gasteiger partial charge in [-0.1, -0.05) is 127 Å². The molecule has 0 aliphatic rings. The van der Waals surface area contributed by atoms with Gasteiger partial charge in [-0.05, 0) is 99.9 Å². The molecule has 10 aromatic rings. The van der Waals surface area contributed by atoms with Gasteiger partial charge in [0, 0.05) is 32.9 Å². The number of hydrogen-bond acceptors (Lipinski definition) is 0. The van der Waals surface area contributed by atoms with Gasteiger partial charge in [-0.15, -0.1) is 0 Å². The summed E-state index contributed by atoms with van der Waals surface area (Å²) in [7, 11) is 0. The first-order chi connectivity index (χ1) is 35.2. The minimum Gasteiger partial charge on any atom is -0.309 e. The Bertz CT molecular complexity index is 4200. The molecule has 2 aromatic heterocycles. The largest absolute Gasteiger partial charge is 0.309 e. The van der Waals surface area contributed by atoms with Crippen LogP contribution in [0.4, 0.5) is 0 Å². The number of nitrogens with zero attached hydrogens (tertiary/aromatic N) is 2. The number of para-hydroxylation sites is 3. The molecule has 2 heterocycles. The Labute approximate surface area is 325 Å². The average Bonchev–Trinajstić information content (AvgIpc) is 3.93. The van der Waals surface area contributed by atoms with E-state index in [9.17, 15) is 15.1 Å². The molecule has 50 heavy (non-hydrogen) atoms. The Hall–Kier alpha value is -6.64. The number of rotatable bonds is 5. The zero-order valence-corrected chi connectivity index (χ0v) is 25.4. The molecule has 0 atom stereocenters. The highest BCUT2D eigenvalue weighted by molar-refractivity contribution is 6.12. The first-order valence-corrected chi connectivity index (χ1v) is 15.2. The van der Waals surface area contributed by atoms with E-state index in [0.29, 0.717) is 0 Å².